The Labute approximate surface area is 215 Å². The van der Waals surface area contributed by atoms with E-state index in [0.717, 1.165) is 19.8 Å². The van der Waals surface area contributed by atoms with Crippen LogP contribution in [0.2, 0.25) is 5.02 Å². The molecular weight excluding hydrogens is 495 g/mol. The molecule has 1 aliphatic rings. The number of carbonyl (C=O) groups is 1. The van der Waals surface area contributed by atoms with E-state index in [2.05, 4.69) is 17.3 Å². The number of rotatable bonds is 9. The molecule has 0 spiro atoms. The molecule has 1 heterocycles. The molecule has 36 heavy (non-hydrogen) atoms. The van der Waals surface area contributed by atoms with Crippen molar-refractivity contribution in [2.75, 3.05) is 13.7 Å². The summed E-state index contributed by atoms with van der Waals surface area (Å²) in [5.41, 5.74) is 0.554. The largest absolute Gasteiger partial charge is 0.496 e. The first-order chi connectivity index (χ1) is 16.9. The number of aryl methyl sites for hydroxylation is 1. The molecule has 1 aromatic carbocycles. The number of aromatic nitrogens is 2. The van der Waals surface area contributed by atoms with Gasteiger partial charge in [-0.05, 0) is 62.1 Å². The number of nitrogens with zero attached hydrogens (tertiary/aromatic N) is 2. The van der Waals surface area contributed by atoms with Crippen LogP contribution < -0.4 is 10.1 Å². The van der Waals surface area contributed by atoms with Crippen molar-refractivity contribution in [3.63, 3.8) is 0 Å². The monoisotopic (exact) mass is 529 g/mol. The minimum absolute atomic E-state index is 0.0321. The summed E-state index contributed by atoms with van der Waals surface area (Å²) < 4.78 is 46.2. The molecule has 1 amide bonds. The molecule has 0 saturated heterocycles. The Bertz CT molecular complexity index is 1060. The van der Waals surface area contributed by atoms with Gasteiger partial charge < -0.3 is 15.2 Å². The third kappa shape index (κ3) is 6.54. The lowest BCUT2D eigenvalue weighted by Gasteiger charge is -2.34. The zero-order valence-electron chi connectivity index (χ0n) is 21.2. The molecule has 0 bridgehead atoms. The summed E-state index contributed by atoms with van der Waals surface area (Å²) in [6, 6.07) is 4.83. The molecule has 2 N–H and O–H groups in total. The smallest absolute Gasteiger partial charge is 0.391 e. The topological polar surface area (TPSA) is 76.4 Å². The number of carbonyl (C=O) groups excluding carboxylic acids is 1. The molecule has 0 radical (unpaired) electrons. The first kappa shape index (κ1) is 28.3. The van der Waals surface area contributed by atoms with Crippen LogP contribution in [-0.4, -0.2) is 46.2 Å². The SMILES string of the molecule is CCCn1nc(C(=O)NCC2(O)CCC(C)CC2)c(Cl)c1-c1ccc(C[C@@H](C)C(F)(F)F)cc1OC. The molecule has 200 valence electrons. The molecule has 1 aliphatic carbocycles. The van der Waals surface area contributed by atoms with Gasteiger partial charge in [-0.2, -0.15) is 18.3 Å². The van der Waals surface area contributed by atoms with Gasteiger partial charge in [-0.25, -0.2) is 0 Å². The van der Waals surface area contributed by atoms with E-state index >= 15 is 0 Å². The van der Waals surface area contributed by atoms with Crippen LogP contribution in [0.4, 0.5) is 13.2 Å². The average molecular weight is 530 g/mol. The summed E-state index contributed by atoms with van der Waals surface area (Å²) >= 11 is 6.67. The maximum atomic E-state index is 13.0. The lowest BCUT2D eigenvalue weighted by atomic mass is 9.79. The van der Waals surface area contributed by atoms with Gasteiger partial charge in [-0.3, -0.25) is 9.48 Å². The van der Waals surface area contributed by atoms with Gasteiger partial charge in [0.05, 0.1) is 29.3 Å². The quantitative estimate of drug-likeness (QED) is 0.415. The van der Waals surface area contributed by atoms with Crippen molar-refractivity contribution in [2.45, 2.75) is 77.6 Å². The van der Waals surface area contributed by atoms with Crippen LogP contribution in [0.25, 0.3) is 11.3 Å². The summed E-state index contributed by atoms with van der Waals surface area (Å²) in [6.07, 6.45) is -0.715. The Balaban J connectivity index is 1.88. The second-order valence-corrected chi connectivity index (χ2v) is 10.4. The van der Waals surface area contributed by atoms with Crippen LogP contribution in [0.1, 0.15) is 68.9 Å². The number of halogens is 4. The number of hydrogen-bond acceptors (Lipinski definition) is 4. The van der Waals surface area contributed by atoms with Gasteiger partial charge in [0.15, 0.2) is 5.69 Å². The maximum Gasteiger partial charge on any atom is 0.391 e. The van der Waals surface area contributed by atoms with Gasteiger partial charge in [0.2, 0.25) is 0 Å². The van der Waals surface area contributed by atoms with Crippen LogP contribution >= 0.6 is 11.6 Å². The molecule has 3 rings (SSSR count). The summed E-state index contributed by atoms with van der Waals surface area (Å²) in [5, 5.41) is 18.2. The van der Waals surface area contributed by atoms with Crippen LogP contribution in [0.15, 0.2) is 18.2 Å². The fraction of sp³-hybridized carbons (Fsp3) is 0.615. The van der Waals surface area contributed by atoms with E-state index in [1.165, 1.54) is 7.11 Å². The Kier molecular flexibility index (Phi) is 8.98. The fourth-order valence-corrected chi connectivity index (χ4v) is 4.87. The van der Waals surface area contributed by atoms with Gasteiger partial charge in [-0.15, -0.1) is 0 Å². The number of nitrogens with one attached hydrogen (secondary N) is 1. The van der Waals surface area contributed by atoms with Crippen molar-refractivity contribution in [3.05, 3.63) is 34.5 Å². The summed E-state index contributed by atoms with van der Waals surface area (Å²) in [5.74, 6) is -1.09. The highest BCUT2D eigenvalue weighted by Gasteiger charge is 2.36. The maximum absolute atomic E-state index is 13.0. The molecule has 1 saturated carbocycles. The highest BCUT2D eigenvalue weighted by atomic mass is 35.5. The Hall–Kier alpha value is -2.26. The number of aliphatic hydroxyl groups is 1. The van der Waals surface area contributed by atoms with Crippen LogP contribution in [0.5, 0.6) is 5.75 Å². The lowest BCUT2D eigenvalue weighted by Crippen LogP contribution is -2.45. The summed E-state index contributed by atoms with van der Waals surface area (Å²) in [7, 11) is 1.43. The van der Waals surface area contributed by atoms with Crippen LogP contribution in [-0.2, 0) is 13.0 Å². The van der Waals surface area contributed by atoms with E-state index < -0.39 is 23.6 Å². The summed E-state index contributed by atoms with van der Waals surface area (Å²) in [6.45, 7) is 5.83. The van der Waals surface area contributed by atoms with Gasteiger partial charge in [0, 0.05) is 18.7 Å². The van der Waals surface area contributed by atoms with Gasteiger partial charge in [0.1, 0.15) is 5.75 Å². The van der Waals surface area contributed by atoms with Crippen LogP contribution in [0.3, 0.4) is 0 Å². The van der Waals surface area contributed by atoms with E-state index in [4.69, 9.17) is 16.3 Å². The molecule has 6 nitrogen and oxygen atoms in total. The minimum Gasteiger partial charge on any atom is -0.496 e. The lowest BCUT2D eigenvalue weighted by molar-refractivity contribution is -0.169. The minimum atomic E-state index is -4.29. The first-order valence-electron chi connectivity index (χ1n) is 12.4. The number of benzene rings is 1. The molecule has 1 aromatic heterocycles. The molecule has 1 atom stereocenters. The van der Waals surface area contributed by atoms with E-state index in [0.29, 0.717) is 54.3 Å². The molecule has 0 unspecified atom stereocenters. The standard InChI is InChI=1S/C26H35ClF3N3O3/c1-5-12-33-23(19-7-6-18(14-20(19)36-4)13-17(3)26(28,29)30)21(27)22(32-33)24(34)31-15-25(35)10-8-16(2)9-11-25/h6-7,14,16-17,35H,5,8-13,15H2,1-4H3,(H,31,34)/t16?,17-,25?/m1/s1. The Morgan fingerprint density at radius 3 is 2.61 bits per heavy atom. The number of ether oxygens (including phenoxy) is 1. The van der Waals surface area contributed by atoms with Crippen molar-refractivity contribution < 1.29 is 27.8 Å². The van der Waals surface area contributed by atoms with Gasteiger partial charge in [-0.1, -0.05) is 38.4 Å². The molecular formula is C26H35ClF3N3O3. The number of methoxy groups -OCH3 is 1. The zero-order chi connectivity index (χ0) is 26.7. The number of hydrogen-bond donors (Lipinski definition) is 2. The van der Waals surface area contributed by atoms with Crippen molar-refractivity contribution >= 4 is 17.5 Å². The molecule has 2 aromatic rings. The number of alkyl halides is 3. The van der Waals surface area contributed by atoms with Crippen molar-refractivity contribution in [1.82, 2.24) is 15.1 Å². The molecule has 0 aliphatic heterocycles. The van der Waals surface area contributed by atoms with Crippen LogP contribution in [0, 0.1) is 11.8 Å². The van der Waals surface area contributed by atoms with Gasteiger partial charge >= 0.3 is 6.18 Å². The van der Waals surface area contributed by atoms with E-state index in [-0.39, 0.29) is 23.7 Å². The third-order valence-corrected chi connectivity index (χ3v) is 7.31. The normalized spacial score (nSPS) is 21.3. The van der Waals surface area contributed by atoms with E-state index in [1.54, 1.807) is 22.9 Å². The van der Waals surface area contributed by atoms with Gasteiger partial charge in [0.25, 0.3) is 5.91 Å². The first-order valence-corrected chi connectivity index (χ1v) is 12.8. The number of amides is 1. The average Bonchev–Trinajstić information content (AvgIpc) is 3.15. The van der Waals surface area contributed by atoms with Crippen molar-refractivity contribution in [1.29, 1.82) is 0 Å². The molecule has 1 fully saturated rings. The fourth-order valence-electron chi connectivity index (χ4n) is 4.55. The second-order valence-electron chi connectivity index (χ2n) is 10.0. The van der Waals surface area contributed by atoms with Crippen molar-refractivity contribution in [2.24, 2.45) is 11.8 Å². The predicted molar refractivity (Wildman–Crippen MR) is 133 cm³/mol. The van der Waals surface area contributed by atoms with Crippen molar-refractivity contribution in [3.8, 4) is 17.0 Å². The highest BCUT2D eigenvalue weighted by Crippen LogP contribution is 2.39. The third-order valence-electron chi connectivity index (χ3n) is 6.95. The second kappa shape index (κ2) is 11.4. The summed E-state index contributed by atoms with van der Waals surface area (Å²) in [4.78, 5) is 13.0. The predicted octanol–water partition coefficient (Wildman–Crippen LogP) is 6.03. The van der Waals surface area contributed by atoms with E-state index in [1.807, 2.05) is 6.92 Å². The molecule has 10 heteroatoms. The Morgan fingerprint density at radius 2 is 2.03 bits per heavy atom. The highest BCUT2D eigenvalue weighted by molar-refractivity contribution is 6.36. The van der Waals surface area contributed by atoms with E-state index in [9.17, 15) is 23.1 Å². The zero-order valence-corrected chi connectivity index (χ0v) is 22.0. The Morgan fingerprint density at radius 1 is 1.36 bits per heavy atom.